The molecule has 1 aromatic heterocycles. The number of hydrogen-bond donors (Lipinski definition) is 0. The molecule has 0 bridgehead atoms. The van der Waals surface area contributed by atoms with E-state index in [2.05, 4.69) is 6.92 Å². The number of benzene rings is 2. The number of nitrogens with zero attached hydrogens (tertiary/aromatic N) is 1. The summed E-state index contributed by atoms with van der Waals surface area (Å²) in [6.45, 7) is 4.43. The summed E-state index contributed by atoms with van der Waals surface area (Å²) in [5, 5.41) is 0. The zero-order valence-corrected chi connectivity index (χ0v) is 16.0. The number of carbonyl (C=O) groups excluding carboxylic acids is 1. The lowest BCUT2D eigenvalue weighted by molar-refractivity contribution is 0.0640. The van der Waals surface area contributed by atoms with Crippen LogP contribution in [0.3, 0.4) is 0 Å². The third-order valence-electron chi connectivity index (χ3n) is 4.65. The highest BCUT2D eigenvalue weighted by molar-refractivity contribution is 5.91. The molecule has 2 aromatic carbocycles. The molecule has 1 amide bonds. The molecule has 1 heterocycles. The highest BCUT2D eigenvalue weighted by atomic mass is 16.5. The molecule has 27 heavy (non-hydrogen) atoms. The van der Waals surface area contributed by atoms with Gasteiger partial charge in [0.05, 0.1) is 7.11 Å². The average molecular weight is 363 g/mol. The molecule has 0 N–H and O–H groups in total. The number of furan rings is 1. The van der Waals surface area contributed by atoms with Crippen molar-refractivity contribution in [1.29, 1.82) is 0 Å². The Hall–Kier alpha value is -3.01. The SMILES string of the molecule is COc1ccccc1CC(C)N(Cc1ccccc1)C(=O)c1ccc(C)o1. The first-order valence-electron chi connectivity index (χ1n) is 9.11. The molecule has 4 nitrogen and oxygen atoms in total. The second kappa shape index (κ2) is 8.58. The van der Waals surface area contributed by atoms with Gasteiger partial charge in [0.2, 0.25) is 0 Å². The average Bonchev–Trinajstić information content (AvgIpc) is 3.13. The van der Waals surface area contributed by atoms with Crippen LogP contribution in [0.15, 0.2) is 71.1 Å². The van der Waals surface area contributed by atoms with Crippen LogP contribution in [0.4, 0.5) is 0 Å². The quantitative estimate of drug-likeness (QED) is 0.601. The van der Waals surface area contributed by atoms with Gasteiger partial charge in [-0.3, -0.25) is 4.79 Å². The first-order valence-corrected chi connectivity index (χ1v) is 9.11. The van der Waals surface area contributed by atoms with E-state index in [1.54, 1.807) is 13.2 Å². The molecule has 0 aliphatic carbocycles. The Morgan fingerprint density at radius 1 is 1.04 bits per heavy atom. The number of para-hydroxylation sites is 1. The molecule has 3 aromatic rings. The lowest BCUT2D eigenvalue weighted by Crippen LogP contribution is -2.39. The van der Waals surface area contributed by atoms with Crippen LogP contribution in [-0.2, 0) is 13.0 Å². The molecule has 3 rings (SSSR count). The number of ether oxygens (including phenoxy) is 1. The van der Waals surface area contributed by atoms with E-state index in [-0.39, 0.29) is 11.9 Å². The van der Waals surface area contributed by atoms with Crippen LogP contribution in [0, 0.1) is 6.92 Å². The Balaban J connectivity index is 1.87. The highest BCUT2D eigenvalue weighted by Gasteiger charge is 2.25. The predicted molar refractivity (Wildman–Crippen MR) is 106 cm³/mol. The molecule has 0 aliphatic rings. The molecule has 140 valence electrons. The van der Waals surface area contributed by atoms with Gasteiger partial charge >= 0.3 is 0 Å². The van der Waals surface area contributed by atoms with Crippen molar-refractivity contribution >= 4 is 5.91 Å². The maximum absolute atomic E-state index is 13.1. The van der Waals surface area contributed by atoms with E-state index >= 15 is 0 Å². The Morgan fingerprint density at radius 2 is 1.74 bits per heavy atom. The maximum atomic E-state index is 13.1. The summed E-state index contributed by atoms with van der Waals surface area (Å²) in [4.78, 5) is 15.0. The van der Waals surface area contributed by atoms with Gasteiger partial charge in [-0.05, 0) is 49.6 Å². The highest BCUT2D eigenvalue weighted by Crippen LogP contribution is 2.23. The van der Waals surface area contributed by atoms with Crippen molar-refractivity contribution in [3.8, 4) is 5.75 Å². The number of amides is 1. The number of hydrogen-bond acceptors (Lipinski definition) is 3. The van der Waals surface area contributed by atoms with Gasteiger partial charge in [-0.25, -0.2) is 0 Å². The molecule has 0 spiro atoms. The van der Waals surface area contributed by atoms with E-state index < -0.39 is 0 Å². The van der Waals surface area contributed by atoms with E-state index in [1.807, 2.05) is 72.5 Å². The van der Waals surface area contributed by atoms with Gasteiger partial charge in [-0.2, -0.15) is 0 Å². The predicted octanol–water partition coefficient (Wildman–Crippen LogP) is 4.87. The molecule has 0 fully saturated rings. The van der Waals surface area contributed by atoms with Crippen molar-refractivity contribution in [3.63, 3.8) is 0 Å². The van der Waals surface area contributed by atoms with Gasteiger partial charge in [-0.1, -0.05) is 48.5 Å². The second-order valence-electron chi connectivity index (χ2n) is 6.69. The van der Waals surface area contributed by atoms with Crippen LogP contribution < -0.4 is 4.74 Å². The Kier molecular flexibility index (Phi) is 5.97. The van der Waals surface area contributed by atoms with Crippen molar-refractivity contribution in [2.75, 3.05) is 7.11 Å². The molecule has 4 heteroatoms. The van der Waals surface area contributed by atoms with Crippen molar-refractivity contribution < 1.29 is 13.9 Å². The fourth-order valence-electron chi connectivity index (χ4n) is 3.20. The second-order valence-corrected chi connectivity index (χ2v) is 6.69. The largest absolute Gasteiger partial charge is 0.496 e. The maximum Gasteiger partial charge on any atom is 0.290 e. The molecule has 0 saturated heterocycles. The van der Waals surface area contributed by atoms with Crippen LogP contribution in [-0.4, -0.2) is 24.0 Å². The third kappa shape index (κ3) is 4.59. The van der Waals surface area contributed by atoms with Gasteiger partial charge < -0.3 is 14.1 Å². The summed E-state index contributed by atoms with van der Waals surface area (Å²) in [5.74, 6) is 1.84. The van der Waals surface area contributed by atoms with E-state index in [0.717, 1.165) is 22.6 Å². The van der Waals surface area contributed by atoms with Crippen molar-refractivity contribution in [3.05, 3.63) is 89.4 Å². The van der Waals surface area contributed by atoms with Crippen LogP contribution in [0.25, 0.3) is 0 Å². The van der Waals surface area contributed by atoms with Gasteiger partial charge in [0.25, 0.3) is 5.91 Å². The normalized spacial score (nSPS) is 11.8. The number of methoxy groups -OCH3 is 1. The first-order chi connectivity index (χ1) is 13.1. The third-order valence-corrected chi connectivity index (χ3v) is 4.65. The summed E-state index contributed by atoms with van der Waals surface area (Å²) < 4.78 is 11.1. The molecular weight excluding hydrogens is 338 g/mol. The van der Waals surface area contributed by atoms with Gasteiger partial charge in [0, 0.05) is 12.6 Å². The number of rotatable bonds is 7. The Bertz CT molecular complexity index is 885. The summed E-state index contributed by atoms with van der Waals surface area (Å²) in [7, 11) is 1.67. The van der Waals surface area contributed by atoms with Gasteiger partial charge in [-0.15, -0.1) is 0 Å². The van der Waals surface area contributed by atoms with E-state index in [4.69, 9.17) is 9.15 Å². The van der Waals surface area contributed by atoms with Crippen molar-refractivity contribution in [2.45, 2.75) is 32.9 Å². The molecule has 0 aliphatic heterocycles. The minimum absolute atomic E-state index is 0.0283. The van der Waals surface area contributed by atoms with Crippen LogP contribution >= 0.6 is 0 Å². The molecule has 0 saturated carbocycles. The van der Waals surface area contributed by atoms with Crippen LogP contribution in [0.1, 0.15) is 34.4 Å². The summed E-state index contributed by atoms with van der Waals surface area (Å²) in [6, 6.07) is 21.5. The van der Waals surface area contributed by atoms with E-state index in [1.165, 1.54) is 0 Å². The van der Waals surface area contributed by atoms with Crippen molar-refractivity contribution in [2.24, 2.45) is 0 Å². The lowest BCUT2D eigenvalue weighted by atomic mass is 10.0. The minimum atomic E-state index is -0.102. The topological polar surface area (TPSA) is 42.7 Å². The zero-order valence-electron chi connectivity index (χ0n) is 16.0. The van der Waals surface area contributed by atoms with Crippen LogP contribution in [0.2, 0.25) is 0 Å². The fraction of sp³-hybridized carbons (Fsp3) is 0.261. The minimum Gasteiger partial charge on any atom is -0.496 e. The zero-order chi connectivity index (χ0) is 19.2. The molecular formula is C23H25NO3. The van der Waals surface area contributed by atoms with Gasteiger partial charge in [0.15, 0.2) is 5.76 Å². The van der Waals surface area contributed by atoms with Gasteiger partial charge in [0.1, 0.15) is 11.5 Å². The summed E-state index contributed by atoms with van der Waals surface area (Å²) >= 11 is 0. The molecule has 0 radical (unpaired) electrons. The molecule has 1 unspecified atom stereocenters. The number of aryl methyl sites for hydroxylation is 1. The summed E-state index contributed by atoms with van der Waals surface area (Å²) in [5.41, 5.74) is 2.16. The summed E-state index contributed by atoms with van der Waals surface area (Å²) in [6.07, 6.45) is 0.697. The Labute approximate surface area is 160 Å². The van der Waals surface area contributed by atoms with E-state index in [0.29, 0.717) is 18.7 Å². The van der Waals surface area contributed by atoms with Crippen LogP contribution in [0.5, 0.6) is 5.75 Å². The monoisotopic (exact) mass is 363 g/mol. The standard InChI is InChI=1S/C23H25NO3/c1-17(15-20-11-7-8-12-21(20)26-3)24(16-19-9-5-4-6-10-19)23(25)22-14-13-18(2)27-22/h4-14,17H,15-16H2,1-3H3. The lowest BCUT2D eigenvalue weighted by Gasteiger charge is -2.29. The smallest absolute Gasteiger partial charge is 0.290 e. The fourth-order valence-corrected chi connectivity index (χ4v) is 3.20. The van der Waals surface area contributed by atoms with Crippen molar-refractivity contribution in [1.82, 2.24) is 4.90 Å². The Morgan fingerprint density at radius 3 is 2.41 bits per heavy atom. The first kappa shape index (κ1) is 18.8. The van der Waals surface area contributed by atoms with E-state index in [9.17, 15) is 4.79 Å². The molecule has 1 atom stereocenters. The number of carbonyl (C=O) groups is 1.